The zero-order valence-corrected chi connectivity index (χ0v) is 15.0. The summed E-state index contributed by atoms with van der Waals surface area (Å²) in [5.74, 6) is -2.87. The summed E-state index contributed by atoms with van der Waals surface area (Å²) in [5.41, 5.74) is 0.543. The van der Waals surface area contributed by atoms with Crippen molar-refractivity contribution in [2.75, 3.05) is 6.61 Å². The van der Waals surface area contributed by atoms with Gasteiger partial charge in [0.05, 0.1) is 18.5 Å². The van der Waals surface area contributed by atoms with Crippen LogP contribution >= 0.6 is 0 Å². The molecule has 0 aliphatic heterocycles. The lowest BCUT2D eigenvalue weighted by Gasteiger charge is -2.10. The minimum Gasteiger partial charge on any atom is -0.506 e. The number of benzene rings is 2. The van der Waals surface area contributed by atoms with Gasteiger partial charge in [-0.25, -0.2) is 13.8 Å². The number of ketones is 1. The summed E-state index contributed by atoms with van der Waals surface area (Å²) in [6.07, 6.45) is -0.321. The standard InChI is InChI=1S/C21H17F2NO4/c1-2-28-19(27)9-8-17(25)21-18(26)10-12-4-3-5-15(20(12)24-21)14-7-6-13(22)11-16(14)23/h3-7,10-11,26H,2,8-9H2,1H3. The molecule has 0 saturated heterocycles. The third kappa shape index (κ3) is 3.98. The number of aromatic hydroxyl groups is 1. The molecule has 0 fully saturated rings. The van der Waals surface area contributed by atoms with Gasteiger partial charge in [-0.3, -0.25) is 9.59 Å². The maximum Gasteiger partial charge on any atom is 0.306 e. The van der Waals surface area contributed by atoms with Crippen LogP contribution in [-0.2, 0) is 9.53 Å². The third-order valence-corrected chi connectivity index (χ3v) is 4.17. The number of nitrogens with zero attached hydrogens (tertiary/aromatic N) is 1. The van der Waals surface area contributed by atoms with Crippen LogP contribution in [-0.4, -0.2) is 28.4 Å². The highest BCUT2D eigenvalue weighted by atomic mass is 19.1. The van der Waals surface area contributed by atoms with E-state index < -0.39 is 23.4 Å². The topological polar surface area (TPSA) is 76.5 Å². The summed E-state index contributed by atoms with van der Waals surface area (Å²) in [7, 11) is 0. The Kier molecular flexibility index (Phi) is 5.63. The Balaban J connectivity index is 2.03. The van der Waals surface area contributed by atoms with Crippen molar-refractivity contribution in [1.29, 1.82) is 0 Å². The quantitative estimate of drug-likeness (QED) is 0.502. The summed E-state index contributed by atoms with van der Waals surface area (Å²) in [5, 5.41) is 10.7. The zero-order chi connectivity index (χ0) is 20.3. The predicted molar refractivity (Wildman–Crippen MR) is 99.0 cm³/mol. The van der Waals surface area contributed by atoms with E-state index >= 15 is 0 Å². The minimum absolute atomic E-state index is 0.120. The molecule has 0 spiro atoms. The van der Waals surface area contributed by atoms with Gasteiger partial charge in [0, 0.05) is 29.0 Å². The first kappa shape index (κ1) is 19.4. The maximum absolute atomic E-state index is 14.2. The van der Waals surface area contributed by atoms with Crippen LogP contribution in [0.4, 0.5) is 8.78 Å². The molecule has 0 atom stereocenters. The summed E-state index contributed by atoms with van der Waals surface area (Å²) >= 11 is 0. The van der Waals surface area contributed by atoms with Gasteiger partial charge in [0.2, 0.25) is 0 Å². The van der Waals surface area contributed by atoms with Gasteiger partial charge < -0.3 is 9.84 Å². The number of fused-ring (bicyclic) bond motifs is 1. The van der Waals surface area contributed by atoms with Crippen LogP contribution < -0.4 is 0 Å². The Labute approximate surface area is 159 Å². The summed E-state index contributed by atoms with van der Waals surface area (Å²) in [6.45, 7) is 1.87. The molecule has 0 aliphatic rings. The fourth-order valence-corrected chi connectivity index (χ4v) is 2.88. The van der Waals surface area contributed by atoms with Gasteiger partial charge >= 0.3 is 5.97 Å². The summed E-state index contributed by atoms with van der Waals surface area (Å²) in [6, 6.07) is 9.42. The van der Waals surface area contributed by atoms with E-state index in [1.165, 1.54) is 12.1 Å². The second-order valence-corrected chi connectivity index (χ2v) is 6.09. The van der Waals surface area contributed by atoms with Crippen LogP contribution in [0.5, 0.6) is 5.75 Å². The number of hydrogen-bond donors (Lipinski definition) is 1. The molecule has 0 amide bonds. The second-order valence-electron chi connectivity index (χ2n) is 6.09. The first-order valence-electron chi connectivity index (χ1n) is 8.67. The molecule has 0 radical (unpaired) electrons. The Morgan fingerprint density at radius 2 is 1.86 bits per heavy atom. The van der Waals surface area contributed by atoms with E-state index in [1.54, 1.807) is 25.1 Å². The number of ether oxygens (including phenoxy) is 1. The molecular weight excluding hydrogens is 368 g/mol. The Bertz CT molecular complexity index is 1070. The molecule has 7 heteroatoms. The molecule has 0 saturated carbocycles. The van der Waals surface area contributed by atoms with Crippen LogP contribution in [0, 0.1) is 11.6 Å². The van der Waals surface area contributed by atoms with E-state index in [0.717, 1.165) is 12.1 Å². The highest BCUT2D eigenvalue weighted by Crippen LogP contribution is 2.32. The summed E-state index contributed by atoms with van der Waals surface area (Å²) in [4.78, 5) is 28.1. The van der Waals surface area contributed by atoms with Crippen LogP contribution in [0.3, 0.4) is 0 Å². The number of Topliss-reactive ketones (excluding diaryl/α,β-unsaturated/α-hetero) is 1. The van der Waals surface area contributed by atoms with Crippen molar-refractivity contribution in [3.63, 3.8) is 0 Å². The van der Waals surface area contributed by atoms with Gasteiger partial charge in [0.25, 0.3) is 0 Å². The average Bonchev–Trinajstić information content (AvgIpc) is 2.65. The number of aromatic nitrogens is 1. The van der Waals surface area contributed by atoms with Crippen LogP contribution in [0.1, 0.15) is 30.3 Å². The van der Waals surface area contributed by atoms with E-state index in [2.05, 4.69) is 4.98 Å². The first-order valence-corrected chi connectivity index (χ1v) is 8.67. The van der Waals surface area contributed by atoms with E-state index in [4.69, 9.17) is 4.74 Å². The van der Waals surface area contributed by atoms with Gasteiger partial charge in [0.15, 0.2) is 5.78 Å². The molecule has 0 bridgehead atoms. The second kappa shape index (κ2) is 8.12. The fourth-order valence-electron chi connectivity index (χ4n) is 2.88. The highest BCUT2D eigenvalue weighted by Gasteiger charge is 2.19. The molecule has 0 unspecified atom stereocenters. The van der Waals surface area contributed by atoms with Crippen LogP contribution in [0.15, 0.2) is 42.5 Å². The molecule has 2 aromatic carbocycles. The smallest absolute Gasteiger partial charge is 0.306 e. The van der Waals surface area contributed by atoms with Crippen molar-refractivity contribution in [2.24, 2.45) is 0 Å². The predicted octanol–water partition coefficient (Wildman–Crippen LogP) is 4.41. The van der Waals surface area contributed by atoms with E-state index in [0.29, 0.717) is 10.9 Å². The lowest BCUT2D eigenvalue weighted by Crippen LogP contribution is -2.09. The van der Waals surface area contributed by atoms with E-state index in [-0.39, 0.29) is 42.0 Å². The average molecular weight is 385 g/mol. The van der Waals surface area contributed by atoms with Gasteiger partial charge in [-0.2, -0.15) is 0 Å². The number of hydrogen-bond acceptors (Lipinski definition) is 5. The van der Waals surface area contributed by atoms with Crippen LogP contribution in [0.25, 0.3) is 22.0 Å². The monoisotopic (exact) mass is 385 g/mol. The maximum atomic E-state index is 14.2. The Morgan fingerprint density at radius 1 is 1.07 bits per heavy atom. The van der Waals surface area contributed by atoms with Crippen LogP contribution in [0.2, 0.25) is 0 Å². The molecule has 28 heavy (non-hydrogen) atoms. The van der Waals surface area contributed by atoms with Crippen molar-refractivity contribution in [3.05, 3.63) is 59.8 Å². The van der Waals surface area contributed by atoms with E-state index in [9.17, 15) is 23.5 Å². The normalized spacial score (nSPS) is 10.8. The first-order chi connectivity index (χ1) is 13.4. The van der Waals surface area contributed by atoms with Crippen molar-refractivity contribution in [3.8, 4) is 16.9 Å². The minimum atomic E-state index is -0.766. The third-order valence-electron chi connectivity index (χ3n) is 4.17. The number of carbonyl (C=O) groups excluding carboxylic acids is 2. The van der Waals surface area contributed by atoms with Crippen molar-refractivity contribution in [2.45, 2.75) is 19.8 Å². The van der Waals surface area contributed by atoms with Gasteiger partial charge in [-0.05, 0) is 25.1 Å². The lowest BCUT2D eigenvalue weighted by atomic mass is 10.00. The zero-order valence-electron chi connectivity index (χ0n) is 15.0. The summed E-state index contributed by atoms with van der Waals surface area (Å²) < 4.78 is 32.3. The highest BCUT2D eigenvalue weighted by molar-refractivity contribution is 6.02. The largest absolute Gasteiger partial charge is 0.506 e. The molecule has 1 aromatic heterocycles. The SMILES string of the molecule is CCOC(=O)CCC(=O)c1nc2c(-c3ccc(F)cc3F)cccc2cc1O. The molecule has 3 aromatic rings. The molecular formula is C21H17F2NO4. The molecule has 3 rings (SSSR count). The Morgan fingerprint density at radius 3 is 2.57 bits per heavy atom. The lowest BCUT2D eigenvalue weighted by molar-refractivity contribution is -0.143. The number of carbonyl (C=O) groups is 2. The van der Waals surface area contributed by atoms with Gasteiger partial charge in [-0.15, -0.1) is 0 Å². The fraction of sp³-hybridized carbons (Fsp3) is 0.190. The molecule has 1 heterocycles. The molecule has 0 aliphatic carbocycles. The molecule has 5 nitrogen and oxygen atoms in total. The molecule has 1 N–H and O–H groups in total. The number of esters is 1. The Hall–Kier alpha value is -3.35. The number of halogens is 2. The van der Waals surface area contributed by atoms with Gasteiger partial charge in [-0.1, -0.05) is 18.2 Å². The van der Waals surface area contributed by atoms with Crippen molar-refractivity contribution in [1.82, 2.24) is 4.98 Å². The number of pyridine rings is 1. The number of rotatable bonds is 6. The van der Waals surface area contributed by atoms with Crippen molar-refractivity contribution < 1.29 is 28.2 Å². The van der Waals surface area contributed by atoms with Gasteiger partial charge in [0.1, 0.15) is 23.1 Å². The molecule has 144 valence electrons. The van der Waals surface area contributed by atoms with Crippen molar-refractivity contribution >= 4 is 22.7 Å². The van der Waals surface area contributed by atoms with E-state index in [1.807, 2.05) is 0 Å². The number of para-hydroxylation sites is 1.